The maximum atomic E-state index is 5.59. The number of fused-ring (bicyclic) bond motifs is 9. The molecule has 0 saturated heterocycles. The van der Waals surface area contributed by atoms with Gasteiger partial charge in [-0.05, 0) is 74.1 Å². The SMILES string of the molecule is CC1(C)c2ccccc2-c2c1cc1ccccc1c2-c1nc(-n2c3ccccc3c3cc4ccccc4cc32)nc2ccccc12. The number of hydrogen-bond donors (Lipinski definition) is 0. The van der Waals surface area contributed by atoms with Crippen molar-refractivity contribution in [1.29, 1.82) is 0 Å². The predicted molar refractivity (Wildman–Crippen MR) is 192 cm³/mol. The first-order valence-corrected chi connectivity index (χ1v) is 15.9. The summed E-state index contributed by atoms with van der Waals surface area (Å²) >= 11 is 0. The van der Waals surface area contributed by atoms with Gasteiger partial charge >= 0.3 is 0 Å². The molecule has 0 amide bonds. The van der Waals surface area contributed by atoms with Crippen LogP contribution in [0.1, 0.15) is 25.0 Å². The molecular weight excluding hydrogens is 558 g/mol. The van der Waals surface area contributed by atoms with E-state index >= 15 is 0 Å². The molecule has 0 unspecified atom stereocenters. The van der Waals surface area contributed by atoms with Gasteiger partial charge in [-0.1, -0.05) is 123 Å². The molecule has 0 N–H and O–H groups in total. The Bertz CT molecular complexity index is 2730. The van der Waals surface area contributed by atoms with E-state index in [0.717, 1.165) is 27.6 Å². The first kappa shape index (κ1) is 25.5. The Morgan fingerprint density at radius 2 is 1.13 bits per heavy atom. The standard InChI is InChI=1S/C43H29N3/c1-43(2)34-20-10-7-18-31(34)39-35(43)24-28-15-5-6-16-29(28)40(39)41-32-19-8-11-21-36(32)44-42(45-41)46-37-22-12-9-17-30(37)33-23-26-13-3-4-14-27(26)25-38(33)46/h3-25H,1-2H3. The van der Waals surface area contributed by atoms with Gasteiger partial charge in [-0.3, -0.25) is 4.57 Å². The number of aromatic nitrogens is 3. The molecule has 1 aliphatic carbocycles. The molecular formula is C43H29N3. The van der Waals surface area contributed by atoms with Crippen molar-refractivity contribution in [1.82, 2.24) is 14.5 Å². The summed E-state index contributed by atoms with van der Waals surface area (Å²) in [5.74, 6) is 0.683. The van der Waals surface area contributed by atoms with Gasteiger partial charge < -0.3 is 0 Å². The summed E-state index contributed by atoms with van der Waals surface area (Å²) in [7, 11) is 0. The molecule has 3 nitrogen and oxygen atoms in total. The molecule has 0 bridgehead atoms. The van der Waals surface area contributed by atoms with E-state index in [-0.39, 0.29) is 5.41 Å². The third-order valence-corrected chi connectivity index (χ3v) is 10.2. The van der Waals surface area contributed by atoms with Gasteiger partial charge in [0.25, 0.3) is 0 Å². The largest absolute Gasteiger partial charge is 0.278 e. The average molecular weight is 588 g/mol. The molecule has 0 aliphatic heterocycles. The Morgan fingerprint density at radius 1 is 0.478 bits per heavy atom. The van der Waals surface area contributed by atoms with Crippen LogP contribution in [0.2, 0.25) is 0 Å². The molecule has 10 rings (SSSR count). The maximum absolute atomic E-state index is 5.59. The zero-order chi connectivity index (χ0) is 30.6. The molecule has 2 heterocycles. The summed E-state index contributed by atoms with van der Waals surface area (Å²) in [5, 5.41) is 8.31. The van der Waals surface area contributed by atoms with E-state index in [1.165, 1.54) is 60.1 Å². The molecule has 0 fully saturated rings. The molecule has 0 spiro atoms. The topological polar surface area (TPSA) is 30.7 Å². The van der Waals surface area contributed by atoms with Gasteiger partial charge in [-0.25, -0.2) is 9.97 Å². The van der Waals surface area contributed by atoms with E-state index in [1.54, 1.807) is 0 Å². The van der Waals surface area contributed by atoms with Crippen molar-refractivity contribution in [2.24, 2.45) is 0 Å². The summed E-state index contributed by atoms with van der Waals surface area (Å²) in [6.07, 6.45) is 0. The van der Waals surface area contributed by atoms with E-state index in [9.17, 15) is 0 Å². The summed E-state index contributed by atoms with van der Waals surface area (Å²) < 4.78 is 2.26. The lowest BCUT2D eigenvalue weighted by Crippen LogP contribution is -2.15. The first-order valence-electron chi connectivity index (χ1n) is 15.9. The lowest BCUT2D eigenvalue weighted by Gasteiger charge is -2.23. The Morgan fingerprint density at radius 3 is 1.98 bits per heavy atom. The number of para-hydroxylation sites is 2. The van der Waals surface area contributed by atoms with Crippen molar-refractivity contribution in [3.8, 4) is 28.3 Å². The van der Waals surface area contributed by atoms with E-state index < -0.39 is 0 Å². The molecule has 0 atom stereocenters. The van der Waals surface area contributed by atoms with Crippen LogP contribution in [-0.2, 0) is 5.41 Å². The second-order valence-electron chi connectivity index (χ2n) is 13.0. The van der Waals surface area contributed by atoms with Crippen LogP contribution in [0.4, 0.5) is 0 Å². The van der Waals surface area contributed by atoms with Gasteiger partial charge in [0, 0.05) is 27.1 Å². The molecule has 0 saturated carbocycles. The highest BCUT2D eigenvalue weighted by Crippen LogP contribution is 2.54. The van der Waals surface area contributed by atoms with Crippen LogP contribution in [0.25, 0.3) is 82.6 Å². The van der Waals surface area contributed by atoms with Gasteiger partial charge in [-0.15, -0.1) is 0 Å². The van der Waals surface area contributed by atoms with E-state index in [2.05, 4.69) is 158 Å². The number of benzene rings is 7. The molecule has 216 valence electrons. The van der Waals surface area contributed by atoms with Gasteiger partial charge in [-0.2, -0.15) is 0 Å². The van der Waals surface area contributed by atoms with Crippen LogP contribution in [0.3, 0.4) is 0 Å². The molecule has 2 aromatic heterocycles. The van der Waals surface area contributed by atoms with Crippen molar-refractivity contribution in [2.75, 3.05) is 0 Å². The Labute approximate surface area is 266 Å². The molecule has 0 radical (unpaired) electrons. The van der Waals surface area contributed by atoms with Crippen LogP contribution < -0.4 is 0 Å². The van der Waals surface area contributed by atoms with Crippen molar-refractivity contribution < 1.29 is 0 Å². The highest BCUT2D eigenvalue weighted by atomic mass is 15.2. The number of rotatable bonds is 2. The second kappa shape index (κ2) is 9.12. The minimum atomic E-state index is -0.135. The van der Waals surface area contributed by atoms with Crippen LogP contribution in [0, 0.1) is 0 Å². The minimum absolute atomic E-state index is 0.135. The molecule has 7 aromatic carbocycles. The number of nitrogens with zero attached hydrogens (tertiary/aromatic N) is 3. The van der Waals surface area contributed by atoms with E-state index in [4.69, 9.17) is 9.97 Å². The molecule has 3 heteroatoms. The van der Waals surface area contributed by atoms with Crippen molar-refractivity contribution >= 4 is 54.3 Å². The summed E-state index contributed by atoms with van der Waals surface area (Å²) in [4.78, 5) is 10.9. The zero-order valence-corrected chi connectivity index (χ0v) is 25.6. The smallest absolute Gasteiger partial charge is 0.235 e. The second-order valence-corrected chi connectivity index (χ2v) is 13.0. The summed E-state index contributed by atoms with van der Waals surface area (Å²) in [6.45, 7) is 4.70. The van der Waals surface area contributed by atoms with Gasteiger partial charge in [0.05, 0.1) is 22.2 Å². The highest BCUT2D eigenvalue weighted by Gasteiger charge is 2.38. The fourth-order valence-electron chi connectivity index (χ4n) is 7.98. The predicted octanol–water partition coefficient (Wildman–Crippen LogP) is 11.0. The van der Waals surface area contributed by atoms with Gasteiger partial charge in [0.15, 0.2) is 0 Å². The van der Waals surface area contributed by atoms with Crippen LogP contribution in [-0.4, -0.2) is 14.5 Å². The third-order valence-electron chi connectivity index (χ3n) is 10.2. The third kappa shape index (κ3) is 3.37. The lowest BCUT2D eigenvalue weighted by molar-refractivity contribution is 0.661. The van der Waals surface area contributed by atoms with Gasteiger partial charge in [0.1, 0.15) is 0 Å². The average Bonchev–Trinajstić information content (AvgIpc) is 3.53. The van der Waals surface area contributed by atoms with Crippen LogP contribution in [0.5, 0.6) is 0 Å². The van der Waals surface area contributed by atoms with Crippen molar-refractivity contribution in [3.63, 3.8) is 0 Å². The van der Waals surface area contributed by atoms with Crippen LogP contribution in [0.15, 0.2) is 140 Å². The highest BCUT2D eigenvalue weighted by molar-refractivity contribution is 6.14. The van der Waals surface area contributed by atoms with Crippen LogP contribution >= 0.6 is 0 Å². The zero-order valence-electron chi connectivity index (χ0n) is 25.6. The van der Waals surface area contributed by atoms with Crippen molar-refractivity contribution in [3.05, 3.63) is 151 Å². The summed E-state index contributed by atoms with van der Waals surface area (Å²) in [6, 6.07) is 50.3. The van der Waals surface area contributed by atoms with Gasteiger partial charge in [0.2, 0.25) is 5.95 Å². The lowest BCUT2D eigenvalue weighted by atomic mass is 9.81. The minimum Gasteiger partial charge on any atom is -0.278 e. The quantitative estimate of drug-likeness (QED) is 0.201. The Hall–Kier alpha value is -5.80. The van der Waals surface area contributed by atoms with E-state index in [1.807, 2.05) is 0 Å². The monoisotopic (exact) mass is 587 g/mol. The maximum Gasteiger partial charge on any atom is 0.235 e. The normalized spacial score (nSPS) is 13.6. The van der Waals surface area contributed by atoms with E-state index in [0.29, 0.717) is 5.95 Å². The van der Waals surface area contributed by atoms with Crippen molar-refractivity contribution in [2.45, 2.75) is 19.3 Å². The number of hydrogen-bond acceptors (Lipinski definition) is 2. The molecule has 9 aromatic rings. The Kier molecular flexibility index (Phi) is 5.06. The molecule has 46 heavy (non-hydrogen) atoms. The Balaban J connectivity index is 1.38. The molecule has 1 aliphatic rings. The first-order chi connectivity index (χ1) is 22.6. The fraction of sp³-hybridized carbons (Fsp3) is 0.0698. The fourth-order valence-corrected chi connectivity index (χ4v) is 7.98. The summed E-state index contributed by atoms with van der Waals surface area (Å²) in [5.41, 5.74) is 10.4.